The number of sulfone groups is 1. The van der Waals surface area contributed by atoms with Crippen LogP contribution < -0.4 is 10.5 Å². The average Bonchev–Trinajstić information content (AvgIpc) is 2.28. The molecular weight excluding hydrogens is 250 g/mol. The number of benzene rings is 1. The van der Waals surface area contributed by atoms with E-state index in [2.05, 4.69) is 0 Å². The van der Waals surface area contributed by atoms with Crippen molar-refractivity contribution in [1.82, 2.24) is 0 Å². The van der Waals surface area contributed by atoms with E-state index in [4.69, 9.17) is 10.5 Å². The maximum atomic E-state index is 11.9. The molecule has 1 aromatic rings. The third-order valence-corrected chi connectivity index (χ3v) is 5.17. The molecule has 0 radical (unpaired) electrons. The minimum absolute atomic E-state index is 0.0650. The van der Waals surface area contributed by atoms with E-state index in [0.29, 0.717) is 5.75 Å². The second kappa shape index (κ2) is 5.71. The highest BCUT2D eigenvalue weighted by atomic mass is 32.2. The zero-order valence-electron chi connectivity index (χ0n) is 11.3. The van der Waals surface area contributed by atoms with Crippen LogP contribution in [0.1, 0.15) is 31.0 Å². The fourth-order valence-electron chi connectivity index (χ4n) is 1.68. The molecule has 0 fully saturated rings. The van der Waals surface area contributed by atoms with Gasteiger partial charge >= 0.3 is 0 Å². The molecule has 18 heavy (non-hydrogen) atoms. The van der Waals surface area contributed by atoms with Crippen molar-refractivity contribution >= 4 is 9.84 Å². The highest BCUT2D eigenvalue weighted by Gasteiger charge is 2.23. The summed E-state index contributed by atoms with van der Waals surface area (Å²) in [6.07, 6.45) is 0. The van der Waals surface area contributed by atoms with Gasteiger partial charge in [-0.05, 0) is 26.8 Å². The highest BCUT2D eigenvalue weighted by molar-refractivity contribution is 7.92. The zero-order valence-corrected chi connectivity index (χ0v) is 12.1. The first kappa shape index (κ1) is 15.0. The maximum Gasteiger partial charge on any atom is 0.154 e. The maximum absolute atomic E-state index is 11.9. The molecule has 0 aliphatic heterocycles. The average molecular weight is 271 g/mol. The third kappa shape index (κ3) is 3.46. The van der Waals surface area contributed by atoms with Crippen LogP contribution in [-0.2, 0) is 9.84 Å². The van der Waals surface area contributed by atoms with E-state index in [0.717, 1.165) is 11.1 Å². The Kier molecular flexibility index (Phi) is 4.76. The van der Waals surface area contributed by atoms with Gasteiger partial charge in [0.1, 0.15) is 5.75 Å². The summed E-state index contributed by atoms with van der Waals surface area (Å²) in [7, 11) is -1.61. The predicted octanol–water partition coefficient (Wildman–Crippen LogP) is 1.83. The topological polar surface area (TPSA) is 69.4 Å². The van der Waals surface area contributed by atoms with Gasteiger partial charge in [-0.3, -0.25) is 0 Å². The fourth-order valence-corrected chi connectivity index (χ4v) is 2.74. The van der Waals surface area contributed by atoms with Gasteiger partial charge in [-0.2, -0.15) is 0 Å². The van der Waals surface area contributed by atoms with Gasteiger partial charge in [-0.1, -0.05) is 17.7 Å². The Balaban J connectivity index is 3.04. The van der Waals surface area contributed by atoms with E-state index in [-0.39, 0.29) is 5.75 Å². The first-order chi connectivity index (χ1) is 8.27. The van der Waals surface area contributed by atoms with Crippen molar-refractivity contribution < 1.29 is 13.2 Å². The summed E-state index contributed by atoms with van der Waals surface area (Å²) in [6.45, 7) is 5.26. The summed E-state index contributed by atoms with van der Waals surface area (Å²) in [4.78, 5) is 0. The summed E-state index contributed by atoms with van der Waals surface area (Å²) < 4.78 is 29.0. The summed E-state index contributed by atoms with van der Waals surface area (Å²) in [6, 6.07) is 5.03. The van der Waals surface area contributed by atoms with Gasteiger partial charge in [-0.15, -0.1) is 0 Å². The molecule has 0 aliphatic rings. The quantitative estimate of drug-likeness (QED) is 0.887. The predicted molar refractivity (Wildman–Crippen MR) is 73.6 cm³/mol. The number of hydrogen-bond acceptors (Lipinski definition) is 4. The molecule has 0 aliphatic carbocycles. The second-order valence-corrected chi connectivity index (χ2v) is 7.33. The van der Waals surface area contributed by atoms with E-state index < -0.39 is 21.1 Å². The van der Waals surface area contributed by atoms with Crippen LogP contribution in [0.2, 0.25) is 0 Å². The van der Waals surface area contributed by atoms with Gasteiger partial charge in [0.25, 0.3) is 0 Å². The zero-order chi connectivity index (χ0) is 13.9. The number of methoxy groups -OCH3 is 1. The van der Waals surface area contributed by atoms with Crippen molar-refractivity contribution in [2.45, 2.75) is 32.1 Å². The van der Waals surface area contributed by atoms with Crippen LogP contribution in [0.25, 0.3) is 0 Å². The van der Waals surface area contributed by atoms with Crippen molar-refractivity contribution in [2.24, 2.45) is 5.73 Å². The molecule has 102 valence electrons. The SMILES string of the molecule is COc1ccc(C)cc1C(N)CS(=O)(=O)C(C)C. The molecule has 1 rings (SSSR count). The molecule has 4 nitrogen and oxygen atoms in total. The van der Waals surface area contributed by atoms with Crippen LogP contribution in [0.4, 0.5) is 0 Å². The standard InChI is InChI=1S/C13H21NO3S/c1-9(2)18(15,16)8-12(14)11-7-10(3)5-6-13(11)17-4/h5-7,9,12H,8,14H2,1-4H3. The molecule has 5 heteroatoms. The van der Waals surface area contributed by atoms with Gasteiger partial charge in [0.05, 0.1) is 18.1 Å². The van der Waals surface area contributed by atoms with Crippen LogP contribution in [0.15, 0.2) is 18.2 Å². The lowest BCUT2D eigenvalue weighted by atomic mass is 10.1. The summed E-state index contributed by atoms with van der Waals surface area (Å²) in [5, 5.41) is -0.417. The molecule has 1 atom stereocenters. The van der Waals surface area contributed by atoms with Gasteiger partial charge in [-0.25, -0.2) is 8.42 Å². The Labute approximate surface area is 109 Å². The minimum Gasteiger partial charge on any atom is -0.496 e. The molecule has 0 saturated carbocycles. The van der Waals surface area contributed by atoms with Gasteiger partial charge in [0.2, 0.25) is 0 Å². The molecule has 0 saturated heterocycles. The van der Waals surface area contributed by atoms with Crippen molar-refractivity contribution in [3.8, 4) is 5.75 Å². The molecule has 0 aromatic heterocycles. The molecule has 0 bridgehead atoms. The Morgan fingerprint density at radius 3 is 2.44 bits per heavy atom. The molecular formula is C13H21NO3S. The largest absolute Gasteiger partial charge is 0.496 e. The Morgan fingerprint density at radius 2 is 1.94 bits per heavy atom. The van der Waals surface area contributed by atoms with E-state index in [1.807, 2.05) is 25.1 Å². The fraction of sp³-hybridized carbons (Fsp3) is 0.538. The second-order valence-electron chi connectivity index (χ2n) is 4.73. The van der Waals surface area contributed by atoms with E-state index in [1.54, 1.807) is 21.0 Å². The van der Waals surface area contributed by atoms with Crippen LogP contribution in [0, 0.1) is 6.92 Å². The van der Waals surface area contributed by atoms with Gasteiger partial charge in [0.15, 0.2) is 9.84 Å². The molecule has 1 aromatic carbocycles. The van der Waals surface area contributed by atoms with Crippen LogP contribution in [0.5, 0.6) is 5.75 Å². The molecule has 2 N–H and O–H groups in total. The first-order valence-electron chi connectivity index (χ1n) is 5.89. The number of hydrogen-bond donors (Lipinski definition) is 1. The van der Waals surface area contributed by atoms with Crippen molar-refractivity contribution in [1.29, 1.82) is 0 Å². The Bertz CT molecular complexity index is 509. The monoisotopic (exact) mass is 271 g/mol. The lowest BCUT2D eigenvalue weighted by molar-refractivity contribution is 0.406. The number of rotatable bonds is 5. The van der Waals surface area contributed by atoms with Crippen LogP contribution in [0.3, 0.4) is 0 Å². The summed E-state index contributed by atoms with van der Waals surface area (Å²) >= 11 is 0. The number of aryl methyl sites for hydroxylation is 1. The van der Waals surface area contributed by atoms with Crippen molar-refractivity contribution in [3.63, 3.8) is 0 Å². The molecule has 0 spiro atoms. The smallest absolute Gasteiger partial charge is 0.154 e. The number of ether oxygens (including phenoxy) is 1. The lowest BCUT2D eigenvalue weighted by Crippen LogP contribution is -2.27. The Morgan fingerprint density at radius 1 is 1.33 bits per heavy atom. The molecule has 0 heterocycles. The van der Waals surface area contributed by atoms with Crippen LogP contribution in [-0.4, -0.2) is 26.5 Å². The lowest BCUT2D eigenvalue weighted by Gasteiger charge is -2.17. The number of nitrogens with two attached hydrogens (primary N) is 1. The molecule has 1 unspecified atom stereocenters. The van der Waals surface area contributed by atoms with Crippen molar-refractivity contribution in [2.75, 3.05) is 12.9 Å². The van der Waals surface area contributed by atoms with E-state index in [9.17, 15) is 8.42 Å². The van der Waals surface area contributed by atoms with Crippen molar-refractivity contribution in [3.05, 3.63) is 29.3 Å². The Hall–Kier alpha value is -1.07. The van der Waals surface area contributed by atoms with E-state index >= 15 is 0 Å². The first-order valence-corrected chi connectivity index (χ1v) is 7.61. The summed E-state index contributed by atoms with van der Waals surface area (Å²) in [5.41, 5.74) is 7.77. The molecule has 0 amide bonds. The third-order valence-electron chi connectivity index (χ3n) is 2.91. The van der Waals surface area contributed by atoms with Gasteiger partial charge < -0.3 is 10.5 Å². The van der Waals surface area contributed by atoms with Gasteiger partial charge in [0, 0.05) is 11.6 Å². The van der Waals surface area contributed by atoms with Crippen LogP contribution >= 0.6 is 0 Å². The van der Waals surface area contributed by atoms with E-state index in [1.165, 1.54) is 0 Å². The summed E-state index contributed by atoms with van der Waals surface area (Å²) in [5.74, 6) is 0.567. The highest BCUT2D eigenvalue weighted by Crippen LogP contribution is 2.26. The minimum atomic E-state index is -3.16. The normalized spacial score (nSPS) is 13.7.